The Balaban J connectivity index is 2.02. The first kappa shape index (κ1) is 23.1. The van der Waals surface area contributed by atoms with E-state index < -0.39 is 22.5 Å². The molecule has 7 nitrogen and oxygen atoms in total. The number of anilines is 2. The number of methoxy groups -OCH3 is 2. The second-order valence-corrected chi connectivity index (χ2v) is 9.11. The number of hydrogen-bond donors (Lipinski definition) is 1. The van der Waals surface area contributed by atoms with Gasteiger partial charge in [-0.2, -0.15) is 0 Å². The minimum absolute atomic E-state index is 0.0147. The number of aryl methyl sites for hydroxylation is 2. The Morgan fingerprint density at radius 2 is 1.59 bits per heavy atom. The van der Waals surface area contributed by atoms with Crippen LogP contribution in [0.2, 0.25) is 0 Å². The lowest BCUT2D eigenvalue weighted by atomic mass is 10.2. The van der Waals surface area contributed by atoms with E-state index in [4.69, 9.17) is 9.47 Å². The standard InChI is InChI=1S/C24H26N2O5S/c1-17-6-5-7-19(14-17)25-24(27)16-26(20-9-11-21(30-3)12-10-20)32(28,29)23-15-18(2)8-13-22(23)31-4/h5-15H,16H2,1-4H3,(H,25,27). The molecule has 0 aromatic heterocycles. The fraction of sp³-hybridized carbons (Fsp3) is 0.208. The lowest BCUT2D eigenvalue weighted by Gasteiger charge is -2.25. The van der Waals surface area contributed by atoms with Crippen molar-refractivity contribution in [1.82, 2.24) is 0 Å². The summed E-state index contributed by atoms with van der Waals surface area (Å²) < 4.78 is 38.9. The van der Waals surface area contributed by atoms with E-state index in [1.54, 1.807) is 49.4 Å². The number of amides is 1. The molecule has 3 aromatic carbocycles. The highest BCUT2D eigenvalue weighted by Gasteiger charge is 2.30. The van der Waals surface area contributed by atoms with Crippen LogP contribution in [0.15, 0.2) is 71.6 Å². The Bertz CT molecular complexity index is 1210. The molecule has 0 heterocycles. The van der Waals surface area contributed by atoms with E-state index in [2.05, 4.69) is 5.32 Å². The molecule has 0 unspecified atom stereocenters. The van der Waals surface area contributed by atoms with Crippen molar-refractivity contribution in [3.8, 4) is 11.5 Å². The molecule has 3 aromatic rings. The Morgan fingerprint density at radius 3 is 2.22 bits per heavy atom. The number of carbonyl (C=O) groups excluding carboxylic acids is 1. The highest BCUT2D eigenvalue weighted by Crippen LogP contribution is 2.31. The zero-order valence-electron chi connectivity index (χ0n) is 18.5. The van der Waals surface area contributed by atoms with Gasteiger partial charge in [0.15, 0.2) is 0 Å². The van der Waals surface area contributed by atoms with Crippen molar-refractivity contribution >= 4 is 27.3 Å². The molecule has 0 saturated carbocycles. The molecule has 0 saturated heterocycles. The second-order valence-electron chi connectivity index (χ2n) is 7.28. The van der Waals surface area contributed by atoms with Crippen molar-refractivity contribution in [3.05, 3.63) is 77.9 Å². The van der Waals surface area contributed by atoms with Crippen LogP contribution in [0.25, 0.3) is 0 Å². The Hall–Kier alpha value is -3.52. The van der Waals surface area contributed by atoms with E-state index in [1.165, 1.54) is 20.3 Å². The van der Waals surface area contributed by atoms with Crippen LogP contribution in [-0.2, 0) is 14.8 Å². The lowest BCUT2D eigenvalue weighted by Crippen LogP contribution is -2.38. The summed E-state index contributed by atoms with van der Waals surface area (Å²) >= 11 is 0. The van der Waals surface area contributed by atoms with Crippen molar-refractivity contribution in [2.45, 2.75) is 18.7 Å². The molecule has 0 aliphatic carbocycles. The molecule has 8 heteroatoms. The van der Waals surface area contributed by atoms with E-state index >= 15 is 0 Å². The maximum absolute atomic E-state index is 13.7. The van der Waals surface area contributed by atoms with Crippen LogP contribution in [0.5, 0.6) is 11.5 Å². The third-order valence-electron chi connectivity index (χ3n) is 4.84. The van der Waals surface area contributed by atoms with Crippen LogP contribution in [0.3, 0.4) is 0 Å². The molecule has 1 N–H and O–H groups in total. The summed E-state index contributed by atoms with van der Waals surface area (Å²) in [6.07, 6.45) is 0. The average Bonchev–Trinajstić information content (AvgIpc) is 2.77. The van der Waals surface area contributed by atoms with Gasteiger partial charge in [0.1, 0.15) is 22.9 Å². The van der Waals surface area contributed by atoms with Crippen LogP contribution in [0, 0.1) is 13.8 Å². The molecule has 0 radical (unpaired) electrons. The van der Waals surface area contributed by atoms with Gasteiger partial charge in [-0.15, -0.1) is 0 Å². The van der Waals surface area contributed by atoms with Crippen molar-refractivity contribution in [1.29, 1.82) is 0 Å². The molecule has 168 valence electrons. The van der Waals surface area contributed by atoms with Crippen LogP contribution in [0.1, 0.15) is 11.1 Å². The first-order chi connectivity index (χ1) is 15.2. The molecule has 0 aliphatic rings. The van der Waals surface area contributed by atoms with Gasteiger partial charge in [-0.3, -0.25) is 9.10 Å². The lowest BCUT2D eigenvalue weighted by molar-refractivity contribution is -0.114. The Morgan fingerprint density at radius 1 is 0.906 bits per heavy atom. The minimum Gasteiger partial charge on any atom is -0.497 e. The number of carbonyl (C=O) groups is 1. The zero-order chi connectivity index (χ0) is 23.3. The van der Waals surface area contributed by atoms with Gasteiger partial charge in [0.2, 0.25) is 5.91 Å². The number of rotatable bonds is 8. The topological polar surface area (TPSA) is 84.9 Å². The van der Waals surface area contributed by atoms with Crippen LogP contribution in [-0.4, -0.2) is 35.1 Å². The van der Waals surface area contributed by atoms with Crippen LogP contribution in [0.4, 0.5) is 11.4 Å². The van der Waals surface area contributed by atoms with Gasteiger partial charge in [0.05, 0.1) is 19.9 Å². The SMILES string of the molecule is COc1ccc(N(CC(=O)Nc2cccc(C)c2)S(=O)(=O)c2cc(C)ccc2OC)cc1. The number of nitrogens with zero attached hydrogens (tertiary/aromatic N) is 1. The van der Waals surface area contributed by atoms with E-state index in [0.717, 1.165) is 15.4 Å². The predicted octanol–water partition coefficient (Wildman–Crippen LogP) is 4.15. The Kier molecular flexibility index (Phi) is 7.05. The maximum Gasteiger partial charge on any atom is 0.268 e. The van der Waals surface area contributed by atoms with Gasteiger partial charge in [0, 0.05) is 5.69 Å². The molecule has 1 amide bonds. The number of hydrogen-bond acceptors (Lipinski definition) is 5. The summed E-state index contributed by atoms with van der Waals surface area (Å²) in [6, 6.07) is 18.7. The number of ether oxygens (including phenoxy) is 2. The van der Waals surface area contributed by atoms with Crippen molar-refractivity contribution in [2.75, 3.05) is 30.4 Å². The molecular weight excluding hydrogens is 428 g/mol. The summed E-state index contributed by atoms with van der Waals surface area (Å²) in [5, 5.41) is 2.77. The zero-order valence-corrected chi connectivity index (χ0v) is 19.3. The summed E-state index contributed by atoms with van der Waals surface area (Å²) in [4.78, 5) is 12.8. The van der Waals surface area contributed by atoms with Crippen LogP contribution < -0.4 is 19.1 Å². The second kappa shape index (κ2) is 9.74. The first-order valence-corrected chi connectivity index (χ1v) is 11.4. The summed E-state index contributed by atoms with van der Waals surface area (Å²) in [7, 11) is -1.19. The maximum atomic E-state index is 13.7. The van der Waals surface area contributed by atoms with Crippen molar-refractivity contribution in [2.24, 2.45) is 0 Å². The van der Waals surface area contributed by atoms with Gasteiger partial charge in [-0.25, -0.2) is 8.42 Å². The minimum atomic E-state index is -4.13. The normalized spacial score (nSPS) is 11.0. The molecule has 0 atom stereocenters. The van der Waals surface area contributed by atoms with Gasteiger partial charge < -0.3 is 14.8 Å². The van der Waals surface area contributed by atoms with E-state index in [9.17, 15) is 13.2 Å². The molecule has 0 fully saturated rings. The molecule has 3 rings (SSSR count). The average molecular weight is 455 g/mol. The quantitative estimate of drug-likeness (QED) is 0.553. The highest BCUT2D eigenvalue weighted by atomic mass is 32.2. The van der Waals surface area contributed by atoms with Gasteiger partial charge in [-0.1, -0.05) is 18.2 Å². The monoisotopic (exact) mass is 454 g/mol. The van der Waals surface area contributed by atoms with Gasteiger partial charge in [0.25, 0.3) is 10.0 Å². The third kappa shape index (κ3) is 5.20. The van der Waals surface area contributed by atoms with Crippen molar-refractivity contribution < 1.29 is 22.7 Å². The number of nitrogens with one attached hydrogen (secondary N) is 1. The Labute approximate surface area is 188 Å². The summed E-state index contributed by atoms with van der Waals surface area (Å²) in [5.41, 5.74) is 2.65. The first-order valence-electron chi connectivity index (χ1n) is 9.92. The largest absolute Gasteiger partial charge is 0.497 e. The number of sulfonamides is 1. The fourth-order valence-corrected chi connectivity index (χ4v) is 4.89. The number of benzene rings is 3. The van der Waals surface area contributed by atoms with Crippen LogP contribution >= 0.6 is 0 Å². The molecular formula is C24H26N2O5S. The predicted molar refractivity (Wildman–Crippen MR) is 125 cm³/mol. The third-order valence-corrected chi connectivity index (χ3v) is 6.63. The van der Waals surface area contributed by atoms with Gasteiger partial charge >= 0.3 is 0 Å². The smallest absolute Gasteiger partial charge is 0.268 e. The highest BCUT2D eigenvalue weighted by molar-refractivity contribution is 7.93. The van der Waals surface area contributed by atoms with E-state index in [1.807, 2.05) is 25.1 Å². The summed E-state index contributed by atoms with van der Waals surface area (Å²) in [6.45, 7) is 3.29. The van der Waals surface area contributed by atoms with Crippen molar-refractivity contribution in [3.63, 3.8) is 0 Å². The molecule has 0 spiro atoms. The fourth-order valence-electron chi connectivity index (χ4n) is 3.22. The molecule has 0 aliphatic heterocycles. The van der Waals surface area contributed by atoms with E-state index in [0.29, 0.717) is 17.1 Å². The van der Waals surface area contributed by atoms with Gasteiger partial charge in [-0.05, 0) is 73.5 Å². The molecule has 32 heavy (non-hydrogen) atoms. The molecule has 0 bridgehead atoms. The summed E-state index contributed by atoms with van der Waals surface area (Å²) in [5.74, 6) is 0.304. The van der Waals surface area contributed by atoms with E-state index in [-0.39, 0.29) is 10.6 Å².